The lowest BCUT2D eigenvalue weighted by atomic mass is 10.0. The quantitative estimate of drug-likeness (QED) is 0.352. The second kappa shape index (κ2) is 8.65. The predicted molar refractivity (Wildman–Crippen MR) is 138 cm³/mol. The maximum Gasteiger partial charge on any atom is 0.156 e. The molecule has 0 fully saturated rings. The normalized spacial score (nSPS) is 11.0. The van der Waals surface area contributed by atoms with Gasteiger partial charge in [0.25, 0.3) is 0 Å². The molecule has 0 bridgehead atoms. The maximum absolute atomic E-state index is 9.77. The Balaban J connectivity index is 1.61. The van der Waals surface area contributed by atoms with Gasteiger partial charge in [0.05, 0.1) is 17.4 Å². The molecule has 5 aromatic rings. The van der Waals surface area contributed by atoms with Gasteiger partial charge in [-0.05, 0) is 57.9 Å². The molecule has 172 valence electrons. The summed E-state index contributed by atoms with van der Waals surface area (Å²) < 4.78 is 1.66. The molecule has 0 amide bonds. The molecule has 2 aromatic carbocycles. The monoisotopic (exact) mass is 459 g/mol. The average Bonchev–Trinajstić information content (AvgIpc) is 3.22. The van der Waals surface area contributed by atoms with Crippen molar-refractivity contribution in [2.24, 2.45) is 0 Å². The van der Waals surface area contributed by atoms with Gasteiger partial charge in [-0.15, -0.1) is 0 Å². The van der Waals surface area contributed by atoms with E-state index in [9.17, 15) is 5.26 Å². The number of hydrogen-bond donors (Lipinski definition) is 1. The van der Waals surface area contributed by atoms with E-state index in [0.717, 1.165) is 33.3 Å². The van der Waals surface area contributed by atoms with Crippen LogP contribution < -0.4 is 5.32 Å². The van der Waals surface area contributed by atoms with Gasteiger partial charge in [-0.25, -0.2) is 15.0 Å². The van der Waals surface area contributed by atoms with E-state index in [1.165, 1.54) is 11.1 Å². The van der Waals surface area contributed by atoms with E-state index < -0.39 is 0 Å². The van der Waals surface area contributed by atoms with Crippen LogP contribution in [0.2, 0.25) is 0 Å². The van der Waals surface area contributed by atoms with Crippen LogP contribution in [0.25, 0.3) is 28.0 Å². The smallest absolute Gasteiger partial charge is 0.156 e. The summed E-state index contributed by atoms with van der Waals surface area (Å²) in [6, 6.07) is 18.6. The molecule has 7 heteroatoms. The van der Waals surface area contributed by atoms with Crippen LogP contribution in [-0.2, 0) is 0 Å². The summed E-state index contributed by atoms with van der Waals surface area (Å²) in [7, 11) is 0. The SMILES string of the molecule is Cc1ccc(-c2cc(Nc3c(C#N)cnn3-c3cc(C)c4cc(C)cc(C)c4n3)nc(C)n2)cc1. The summed E-state index contributed by atoms with van der Waals surface area (Å²) in [5.74, 6) is 2.35. The molecule has 0 atom stereocenters. The second-order valence-corrected chi connectivity index (χ2v) is 8.88. The van der Waals surface area contributed by atoms with Gasteiger partial charge >= 0.3 is 0 Å². The van der Waals surface area contributed by atoms with Crippen LogP contribution >= 0.6 is 0 Å². The summed E-state index contributed by atoms with van der Waals surface area (Å²) in [6.07, 6.45) is 1.54. The molecule has 1 N–H and O–H groups in total. The van der Waals surface area contributed by atoms with Crippen molar-refractivity contribution >= 4 is 22.5 Å². The summed E-state index contributed by atoms with van der Waals surface area (Å²) >= 11 is 0. The molecule has 0 aliphatic carbocycles. The summed E-state index contributed by atoms with van der Waals surface area (Å²) in [6.45, 7) is 10.1. The van der Waals surface area contributed by atoms with Crippen LogP contribution in [0.3, 0.4) is 0 Å². The Morgan fingerprint density at radius 3 is 2.34 bits per heavy atom. The minimum absolute atomic E-state index is 0.401. The average molecular weight is 460 g/mol. The lowest BCUT2D eigenvalue weighted by molar-refractivity contribution is 0.856. The van der Waals surface area contributed by atoms with Gasteiger partial charge in [0.15, 0.2) is 11.6 Å². The molecule has 0 unspecified atom stereocenters. The molecule has 0 saturated carbocycles. The zero-order valence-electron chi connectivity index (χ0n) is 20.4. The number of aryl methyl sites for hydroxylation is 5. The Hall–Kier alpha value is -4.57. The third-order valence-electron chi connectivity index (χ3n) is 5.98. The third kappa shape index (κ3) is 4.22. The molecular formula is C28H25N7. The number of rotatable bonds is 4. The number of nitriles is 1. The minimum Gasteiger partial charge on any atom is -0.324 e. The van der Waals surface area contributed by atoms with Crippen LogP contribution in [0.5, 0.6) is 0 Å². The number of nitrogens with one attached hydrogen (secondary N) is 1. The first-order valence-electron chi connectivity index (χ1n) is 11.4. The van der Waals surface area contributed by atoms with Crippen molar-refractivity contribution in [1.29, 1.82) is 5.26 Å². The van der Waals surface area contributed by atoms with Crippen molar-refractivity contribution in [3.63, 3.8) is 0 Å². The Bertz CT molecular complexity index is 1620. The topological polar surface area (TPSA) is 92.3 Å². The lowest BCUT2D eigenvalue weighted by Gasteiger charge is -2.14. The Kier molecular flexibility index (Phi) is 5.50. The highest BCUT2D eigenvalue weighted by Gasteiger charge is 2.17. The molecule has 3 heterocycles. The highest BCUT2D eigenvalue weighted by molar-refractivity contribution is 5.86. The summed E-state index contributed by atoms with van der Waals surface area (Å²) in [5.41, 5.74) is 7.69. The zero-order chi connectivity index (χ0) is 24.7. The number of nitrogens with zero attached hydrogens (tertiary/aromatic N) is 6. The van der Waals surface area contributed by atoms with Gasteiger partial charge in [0.2, 0.25) is 0 Å². The molecule has 7 nitrogen and oxygen atoms in total. The van der Waals surface area contributed by atoms with Gasteiger partial charge in [0, 0.05) is 17.0 Å². The lowest BCUT2D eigenvalue weighted by Crippen LogP contribution is -2.08. The molecule has 0 aliphatic rings. The molecular weight excluding hydrogens is 434 g/mol. The van der Waals surface area contributed by atoms with Crippen LogP contribution in [0.15, 0.2) is 54.7 Å². The van der Waals surface area contributed by atoms with Crippen molar-refractivity contribution in [2.75, 3.05) is 5.32 Å². The standard InChI is InChI=1S/C28H25N7/c1-16-6-8-21(9-7-16)24-13-25(32-20(5)31-24)33-28-22(14-29)15-30-35(28)26-12-18(3)23-11-17(2)10-19(4)27(23)34-26/h6-13,15H,1-5H3,(H,31,32,33). The molecule has 5 rings (SSSR count). The third-order valence-corrected chi connectivity index (χ3v) is 5.98. The van der Waals surface area contributed by atoms with E-state index in [-0.39, 0.29) is 0 Å². The molecule has 0 radical (unpaired) electrons. The fourth-order valence-corrected chi connectivity index (χ4v) is 4.29. The van der Waals surface area contributed by atoms with Crippen LogP contribution in [0.1, 0.15) is 33.6 Å². The fraction of sp³-hybridized carbons (Fsp3) is 0.179. The van der Waals surface area contributed by atoms with Crippen molar-refractivity contribution in [2.45, 2.75) is 34.6 Å². The number of anilines is 2. The van der Waals surface area contributed by atoms with E-state index >= 15 is 0 Å². The summed E-state index contributed by atoms with van der Waals surface area (Å²) in [5, 5.41) is 18.7. The van der Waals surface area contributed by atoms with Crippen LogP contribution in [0.4, 0.5) is 11.6 Å². The Morgan fingerprint density at radius 1 is 0.829 bits per heavy atom. The van der Waals surface area contributed by atoms with Crippen molar-refractivity contribution in [1.82, 2.24) is 24.7 Å². The van der Waals surface area contributed by atoms with E-state index in [1.54, 1.807) is 10.9 Å². The number of benzene rings is 2. The van der Waals surface area contributed by atoms with Crippen molar-refractivity contribution in [3.8, 4) is 23.1 Å². The highest BCUT2D eigenvalue weighted by Crippen LogP contribution is 2.29. The van der Waals surface area contributed by atoms with Crippen molar-refractivity contribution in [3.05, 3.63) is 88.4 Å². The summed E-state index contributed by atoms with van der Waals surface area (Å²) in [4.78, 5) is 14.1. The first-order valence-corrected chi connectivity index (χ1v) is 11.4. The number of fused-ring (bicyclic) bond motifs is 1. The number of hydrogen-bond acceptors (Lipinski definition) is 6. The molecule has 3 aromatic heterocycles. The Morgan fingerprint density at radius 2 is 1.60 bits per heavy atom. The van der Waals surface area contributed by atoms with Gasteiger partial charge < -0.3 is 5.32 Å². The van der Waals surface area contributed by atoms with Gasteiger partial charge in [-0.2, -0.15) is 15.0 Å². The van der Waals surface area contributed by atoms with E-state index in [4.69, 9.17) is 4.98 Å². The molecule has 0 saturated heterocycles. The van der Waals surface area contributed by atoms with Gasteiger partial charge in [-0.1, -0.05) is 41.5 Å². The molecule has 35 heavy (non-hydrogen) atoms. The first-order chi connectivity index (χ1) is 16.8. The van der Waals surface area contributed by atoms with E-state index in [0.29, 0.717) is 28.8 Å². The van der Waals surface area contributed by atoms with E-state index in [1.807, 2.05) is 31.2 Å². The largest absolute Gasteiger partial charge is 0.324 e. The van der Waals surface area contributed by atoms with Crippen LogP contribution in [-0.4, -0.2) is 24.7 Å². The molecule has 0 aliphatic heterocycles. The number of pyridine rings is 1. The van der Waals surface area contributed by atoms with Gasteiger partial charge in [-0.3, -0.25) is 0 Å². The second-order valence-electron chi connectivity index (χ2n) is 8.88. The van der Waals surface area contributed by atoms with Crippen LogP contribution in [0, 0.1) is 45.9 Å². The maximum atomic E-state index is 9.77. The Labute approximate surface area is 204 Å². The van der Waals surface area contributed by atoms with E-state index in [2.05, 4.69) is 78.4 Å². The molecule has 0 spiro atoms. The van der Waals surface area contributed by atoms with Crippen molar-refractivity contribution < 1.29 is 0 Å². The predicted octanol–water partition coefficient (Wildman–Crippen LogP) is 6.03. The highest BCUT2D eigenvalue weighted by atomic mass is 15.4. The first kappa shape index (κ1) is 22.2. The number of aromatic nitrogens is 5. The van der Waals surface area contributed by atoms with Gasteiger partial charge in [0.1, 0.15) is 23.3 Å². The fourth-order valence-electron chi connectivity index (χ4n) is 4.29. The minimum atomic E-state index is 0.401. The zero-order valence-corrected chi connectivity index (χ0v) is 20.4.